The zero-order valence-corrected chi connectivity index (χ0v) is 18.8. The van der Waals surface area contributed by atoms with Crippen molar-refractivity contribution >= 4 is 11.0 Å². The van der Waals surface area contributed by atoms with Crippen LogP contribution in [0.5, 0.6) is 46.0 Å². The highest BCUT2D eigenvalue weighted by molar-refractivity contribution is 5.97. The second kappa shape index (κ2) is 9.04. The Kier molecular flexibility index (Phi) is 6.42. The van der Waals surface area contributed by atoms with E-state index < -0.39 is 11.2 Å². The molecule has 0 saturated carbocycles. The zero-order chi connectivity index (χ0) is 23.6. The fraction of sp³-hybridized carbons (Fsp3) is 0.318. The molecule has 172 valence electrons. The van der Waals surface area contributed by atoms with E-state index in [2.05, 4.69) is 0 Å². The minimum atomic E-state index is -0.758. The summed E-state index contributed by atoms with van der Waals surface area (Å²) in [5, 5.41) is 10.7. The molecule has 10 heteroatoms. The Morgan fingerprint density at radius 2 is 1.12 bits per heavy atom. The number of rotatable bonds is 8. The quantitative estimate of drug-likeness (QED) is 0.551. The van der Waals surface area contributed by atoms with E-state index in [4.69, 9.17) is 37.6 Å². The third-order valence-electron chi connectivity index (χ3n) is 4.88. The molecule has 3 rings (SSSR count). The maximum Gasteiger partial charge on any atom is 0.239 e. The van der Waals surface area contributed by atoms with Crippen LogP contribution in [0.15, 0.2) is 21.3 Å². The van der Waals surface area contributed by atoms with Gasteiger partial charge in [-0.05, 0) is 12.1 Å². The number of benzene rings is 2. The van der Waals surface area contributed by atoms with Crippen LogP contribution in [0.1, 0.15) is 0 Å². The van der Waals surface area contributed by atoms with Gasteiger partial charge in [0.05, 0.1) is 49.8 Å². The Bertz CT molecular complexity index is 1190. The summed E-state index contributed by atoms with van der Waals surface area (Å²) in [6.45, 7) is 0. The van der Waals surface area contributed by atoms with Gasteiger partial charge in [0.15, 0.2) is 28.6 Å². The van der Waals surface area contributed by atoms with Gasteiger partial charge in [0.25, 0.3) is 0 Å². The van der Waals surface area contributed by atoms with Crippen molar-refractivity contribution in [2.24, 2.45) is 0 Å². The Balaban J connectivity index is 2.49. The molecule has 0 unspecified atom stereocenters. The molecule has 0 bridgehead atoms. The van der Waals surface area contributed by atoms with Crippen LogP contribution in [0.2, 0.25) is 0 Å². The Labute approximate surface area is 183 Å². The first-order chi connectivity index (χ1) is 15.4. The third-order valence-corrected chi connectivity index (χ3v) is 4.88. The second-order valence-electron chi connectivity index (χ2n) is 6.36. The normalized spacial score (nSPS) is 10.6. The number of ether oxygens (including phenoxy) is 7. The molecule has 2 aromatic carbocycles. The monoisotopic (exact) mass is 448 g/mol. The standard InChI is InChI=1S/C22H24O10/c1-25-11-8-10(9-12(26-2)17(11)27-3)16-15(24)14(23)13-18(28-4)20(29-5)22(31-7)21(30-6)19(13)32-16/h8-9,24H,1-7H3. The predicted octanol–water partition coefficient (Wildman–Crippen LogP) is 3.23. The van der Waals surface area contributed by atoms with Gasteiger partial charge in [0.2, 0.25) is 34.2 Å². The number of hydrogen-bond donors (Lipinski definition) is 1. The molecule has 1 heterocycles. The smallest absolute Gasteiger partial charge is 0.239 e. The van der Waals surface area contributed by atoms with E-state index in [1.165, 1.54) is 61.9 Å². The number of methoxy groups -OCH3 is 7. The van der Waals surface area contributed by atoms with E-state index in [0.717, 1.165) is 0 Å². The van der Waals surface area contributed by atoms with Crippen LogP contribution in [-0.4, -0.2) is 54.9 Å². The number of aromatic hydroxyl groups is 1. The largest absolute Gasteiger partial charge is 0.502 e. The van der Waals surface area contributed by atoms with Crippen molar-refractivity contribution in [2.45, 2.75) is 0 Å². The summed E-state index contributed by atoms with van der Waals surface area (Å²) in [7, 11) is 9.89. The van der Waals surface area contributed by atoms with Gasteiger partial charge in [-0.2, -0.15) is 0 Å². The summed E-state index contributed by atoms with van der Waals surface area (Å²) < 4.78 is 43.7. The molecule has 0 aliphatic heterocycles. The van der Waals surface area contributed by atoms with Crippen molar-refractivity contribution in [1.82, 2.24) is 0 Å². The Hall–Kier alpha value is -3.95. The molecule has 3 aromatic rings. The first-order valence-electron chi connectivity index (χ1n) is 9.28. The van der Waals surface area contributed by atoms with Crippen molar-refractivity contribution in [3.05, 3.63) is 22.4 Å². The fourth-order valence-electron chi connectivity index (χ4n) is 3.47. The van der Waals surface area contributed by atoms with E-state index in [0.29, 0.717) is 22.8 Å². The van der Waals surface area contributed by atoms with Gasteiger partial charge in [-0.25, -0.2) is 0 Å². The molecular formula is C22H24O10. The lowest BCUT2D eigenvalue weighted by atomic mass is 10.1. The van der Waals surface area contributed by atoms with Crippen molar-refractivity contribution in [2.75, 3.05) is 49.8 Å². The average molecular weight is 448 g/mol. The maximum atomic E-state index is 13.2. The van der Waals surface area contributed by atoms with E-state index in [9.17, 15) is 9.90 Å². The Morgan fingerprint density at radius 3 is 1.56 bits per heavy atom. The first kappa shape index (κ1) is 22.7. The number of fused-ring (bicyclic) bond motifs is 1. The molecule has 0 radical (unpaired) electrons. The topological polar surface area (TPSA) is 115 Å². The Morgan fingerprint density at radius 1 is 0.656 bits per heavy atom. The van der Waals surface area contributed by atoms with Gasteiger partial charge in [-0.15, -0.1) is 0 Å². The molecule has 0 saturated heterocycles. The van der Waals surface area contributed by atoms with Crippen molar-refractivity contribution in [1.29, 1.82) is 0 Å². The van der Waals surface area contributed by atoms with Gasteiger partial charge in [0.1, 0.15) is 5.39 Å². The van der Waals surface area contributed by atoms with Crippen LogP contribution >= 0.6 is 0 Å². The first-order valence-corrected chi connectivity index (χ1v) is 9.28. The van der Waals surface area contributed by atoms with Gasteiger partial charge >= 0.3 is 0 Å². The lowest BCUT2D eigenvalue weighted by molar-refractivity contribution is 0.306. The molecule has 1 aromatic heterocycles. The van der Waals surface area contributed by atoms with Crippen LogP contribution < -0.4 is 38.6 Å². The van der Waals surface area contributed by atoms with Gasteiger partial charge < -0.3 is 42.7 Å². The maximum absolute atomic E-state index is 13.2. The summed E-state index contributed by atoms with van der Waals surface area (Å²) in [5.74, 6) is 0.546. The van der Waals surface area contributed by atoms with Gasteiger partial charge in [-0.3, -0.25) is 4.79 Å². The zero-order valence-electron chi connectivity index (χ0n) is 18.8. The molecule has 0 aliphatic rings. The van der Waals surface area contributed by atoms with E-state index in [1.807, 2.05) is 0 Å². The number of hydrogen-bond acceptors (Lipinski definition) is 10. The molecule has 0 aliphatic carbocycles. The summed E-state index contributed by atoms with van der Waals surface area (Å²) in [6, 6.07) is 3.07. The SMILES string of the molecule is COc1cc(-c2oc3c(OC)c(OC)c(OC)c(OC)c3c(=O)c2O)cc(OC)c1OC. The lowest BCUT2D eigenvalue weighted by Gasteiger charge is -2.18. The molecule has 0 fully saturated rings. The van der Waals surface area contributed by atoms with Gasteiger partial charge in [0, 0.05) is 5.56 Å². The minimum Gasteiger partial charge on any atom is -0.502 e. The van der Waals surface area contributed by atoms with Crippen LogP contribution in [0.3, 0.4) is 0 Å². The minimum absolute atomic E-state index is 0.00597. The van der Waals surface area contributed by atoms with Crippen LogP contribution in [0.4, 0.5) is 0 Å². The summed E-state index contributed by atoms with van der Waals surface area (Å²) in [5.41, 5.74) is -0.466. The van der Waals surface area contributed by atoms with Crippen molar-refractivity contribution in [3.63, 3.8) is 0 Å². The van der Waals surface area contributed by atoms with Crippen LogP contribution in [-0.2, 0) is 0 Å². The summed E-state index contributed by atoms with van der Waals surface area (Å²) >= 11 is 0. The van der Waals surface area contributed by atoms with Gasteiger partial charge in [-0.1, -0.05) is 0 Å². The highest BCUT2D eigenvalue weighted by atomic mass is 16.6. The lowest BCUT2D eigenvalue weighted by Crippen LogP contribution is -2.08. The second-order valence-corrected chi connectivity index (χ2v) is 6.36. The predicted molar refractivity (Wildman–Crippen MR) is 115 cm³/mol. The molecule has 32 heavy (non-hydrogen) atoms. The highest BCUT2D eigenvalue weighted by Gasteiger charge is 2.30. The van der Waals surface area contributed by atoms with Crippen molar-refractivity contribution < 1.29 is 42.7 Å². The van der Waals surface area contributed by atoms with Crippen LogP contribution in [0, 0.1) is 0 Å². The van der Waals surface area contributed by atoms with E-state index >= 15 is 0 Å². The molecular weight excluding hydrogens is 424 g/mol. The summed E-state index contributed by atoms with van der Waals surface area (Å²) in [4.78, 5) is 13.2. The third kappa shape index (κ3) is 3.33. The van der Waals surface area contributed by atoms with E-state index in [1.54, 1.807) is 0 Å². The molecule has 10 nitrogen and oxygen atoms in total. The summed E-state index contributed by atoms with van der Waals surface area (Å²) in [6.07, 6.45) is 0. The highest BCUT2D eigenvalue weighted by Crippen LogP contribution is 2.52. The molecule has 0 atom stereocenters. The van der Waals surface area contributed by atoms with Crippen molar-refractivity contribution in [3.8, 4) is 57.3 Å². The molecule has 0 spiro atoms. The fourth-order valence-corrected chi connectivity index (χ4v) is 3.47. The van der Waals surface area contributed by atoms with E-state index in [-0.39, 0.29) is 39.7 Å². The molecule has 0 amide bonds. The van der Waals surface area contributed by atoms with Crippen LogP contribution in [0.25, 0.3) is 22.3 Å². The average Bonchev–Trinajstić information content (AvgIpc) is 2.83. The molecule has 1 N–H and O–H groups in total.